The average Bonchev–Trinajstić information content (AvgIpc) is 2.84. The van der Waals surface area contributed by atoms with E-state index in [4.69, 9.17) is 5.26 Å². The molecule has 6 nitrogen and oxygen atoms in total. The highest BCUT2D eigenvalue weighted by Crippen LogP contribution is 2.40. The van der Waals surface area contributed by atoms with Crippen LogP contribution in [-0.2, 0) is 6.54 Å². The topological polar surface area (TPSA) is 89.9 Å². The average molecular weight is 420 g/mol. The third kappa shape index (κ3) is 3.36. The van der Waals surface area contributed by atoms with Crippen LogP contribution < -0.4 is 5.56 Å². The van der Waals surface area contributed by atoms with Crippen molar-refractivity contribution in [2.75, 3.05) is 13.1 Å². The Labute approximate surface area is 185 Å². The number of nitrogens with zero attached hydrogens (tertiary/aromatic N) is 4. The Morgan fingerprint density at radius 3 is 2.44 bits per heavy atom. The van der Waals surface area contributed by atoms with Crippen LogP contribution in [0.15, 0.2) is 65.5 Å². The number of nitriles is 2. The van der Waals surface area contributed by atoms with Crippen LogP contribution in [0, 0.1) is 28.6 Å². The van der Waals surface area contributed by atoms with Crippen molar-refractivity contribution in [2.24, 2.45) is 5.92 Å². The minimum atomic E-state index is -0.0519. The molecule has 2 aliphatic rings. The minimum Gasteiger partial charge on any atom is -0.338 e. The largest absolute Gasteiger partial charge is 0.338 e. The zero-order valence-corrected chi connectivity index (χ0v) is 17.4. The van der Waals surface area contributed by atoms with Crippen LogP contribution in [0.25, 0.3) is 11.1 Å². The molecule has 3 heterocycles. The number of benzene rings is 2. The van der Waals surface area contributed by atoms with Gasteiger partial charge in [-0.3, -0.25) is 9.59 Å². The molecule has 1 fully saturated rings. The molecule has 3 aromatic rings. The van der Waals surface area contributed by atoms with Crippen LogP contribution >= 0.6 is 0 Å². The molecule has 0 radical (unpaired) electrons. The van der Waals surface area contributed by atoms with Gasteiger partial charge in [-0.1, -0.05) is 12.1 Å². The minimum absolute atomic E-state index is 0.0262. The summed E-state index contributed by atoms with van der Waals surface area (Å²) in [6, 6.07) is 21.8. The van der Waals surface area contributed by atoms with Crippen molar-refractivity contribution < 1.29 is 4.79 Å². The van der Waals surface area contributed by atoms with E-state index in [0.29, 0.717) is 36.3 Å². The molecule has 2 atom stereocenters. The summed E-state index contributed by atoms with van der Waals surface area (Å²) in [7, 11) is 0. The van der Waals surface area contributed by atoms with Gasteiger partial charge in [0.05, 0.1) is 23.3 Å². The number of hydrogen-bond donors (Lipinski definition) is 0. The predicted molar refractivity (Wildman–Crippen MR) is 119 cm³/mol. The molecule has 0 saturated carbocycles. The molecule has 1 amide bonds. The van der Waals surface area contributed by atoms with Crippen molar-refractivity contribution >= 4 is 5.91 Å². The number of piperidine rings is 1. The van der Waals surface area contributed by atoms with Gasteiger partial charge in [0.25, 0.3) is 11.5 Å². The predicted octanol–water partition coefficient (Wildman–Crippen LogP) is 3.52. The first-order valence-electron chi connectivity index (χ1n) is 10.6. The van der Waals surface area contributed by atoms with Gasteiger partial charge in [0.15, 0.2) is 0 Å². The van der Waals surface area contributed by atoms with Gasteiger partial charge in [-0.05, 0) is 60.4 Å². The maximum Gasteiger partial charge on any atom is 0.253 e. The van der Waals surface area contributed by atoms with E-state index in [1.54, 1.807) is 36.4 Å². The standard InChI is InChI=1S/C26H20N4O2/c27-12-17-4-6-20(7-5-17)26(32)29-14-19-11-22(16-29)25-23(8-9-24(31)30(25)15-19)21-3-1-2-18(10-21)13-28/h1-10,19,22H,11,14-16H2/t19-,22+/m0/s1. The van der Waals surface area contributed by atoms with E-state index in [9.17, 15) is 14.9 Å². The van der Waals surface area contributed by atoms with Gasteiger partial charge in [-0.15, -0.1) is 0 Å². The van der Waals surface area contributed by atoms with Gasteiger partial charge in [0.1, 0.15) is 0 Å². The molecule has 0 aliphatic carbocycles. The van der Waals surface area contributed by atoms with E-state index in [1.807, 2.05) is 33.7 Å². The summed E-state index contributed by atoms with van der Waals surface area (Å²) in [6.45, 7) is 1.71. The Balaban J connectivity index is 1.52. The van der Waals surface area contributed by atoms with Crippen molar-refractivity contribution in [1.29, 1.82) is 10.5 Å². The van der Waals surface area contributed by atoms with Crippen molar-refractivity contribution in [3.63, 3.8) is 0 Å². The molecule has 1 saturated heterocycles. The lowest BCUT2D eigenvalue weighted by Gasteiger charge is -2.43. The molecule has 156 valence electrons. The van der Waals surface area contributed by atoms with Gasteiger partial charge in [-0.2, -0.15) is 10.5 Å². The van der Waals surface area contributed by atoms with Crippen LogP contribution in [-0.4, -0.2) is 28.5 Å². The number of fused-ring (bicyclic) bond motifs is 4. The third-order valence-corrected chi connectivity index (χ3v) is 6.44. The summed E-state index contributed by atoms with van der Waals surface area (Å²) in [5.74, 6) is 0.199. The van der Waals surface area contributed by atoms with Crippen molar-refractivity contribution in [3.8, 4) is 23.3 Å². The lowest BCUT2D eigenvalue weighted by atomic mass is 9.80. The molecule has 32 heavy (non-hydrogen) atoms. The second-order valence-electron chi connectivity index (χ2n) is 8.47. The molecular weight excluding hydrogens is 400 g/mol. The van der Waals surface area contributed by atoms with Crippen molar-refractivity contribution in [3.05, 3.63) is 93.4 Å². The zero-order valence-electron chi connectivity index (χ0n) is 17.4. The molecule has 1 aromatic heterocycles. The van der Waals surface area contributed by atoms with Crippen molar-refractivity contribution in [1.82, 2.24) is 9.47 Å². The molecule has 2 bridgehead atoms. The summed E-state index contributed by atoms with van der Waals surface area (Å²) in [5.41, 5.74) is 4.43. The SMILES string of the molecule is N#Cc1ccc(C(=O)N2C[C@@H]3C[C@H](C2)c2c(-c4cccc(C#N)c4)ccc(=O)n2C3)cc1. The fourth-order valence-corrected chi connectivity index (χ4v) is 5.05. The van der Waals surface area contributed by atoms with Crippen molar-refractivity contribution in [2.45, 2.75) is 18.9 Å². The van der Waals surface area contributed by atoms with Crippen LogP contribution in [0.1, 0.15) is 39.5 Å². The second kappa shape index (κ2) is 7.83. The van der Waals surface area contributed by atoms with Crippen LogP contribution in [0.2, 0.25) is 0 Å². The van der Waals surface area contributed by atoms with Gasteiger partial charge in [-0.25, -0.2) is 0 Å². The van der Waals surface area contributed by atoms with Gasteiger partial charge < -0.3 is 9.47 Å². The Morgan fingerprint density at radius 2 is 1.69 bits per heavy atom. The molecular formula is C26H20N4O2. The van der Waals surface area contributed by atoms with E-state index in [2.05, 4.69) is 12.1 Å². The molecule has 2 aromatic carbocycles. The van der Waals surface area contributed by atoms with Crippen LogP contribution in [0.5, 0.6) is 0 Å². The lowest BCUT2D eigenvalue weighted by molar-refractivity contribution is 0.0595. The Morgan fingerprint density at radius 1 is 0.906 bits per heavy atom. The number of rotatable bonds is 2. The first-order valence-corrected chi connectivity index (χ1v) is 10.6. The lowest BCUT2D eigenvalue weighted by Crippen LogP contribution is -2.49. The molecule has 6 heteroatoms. The first kappa shape index (κ1) is 19.8. The third-order valence-electron chi connectivity index (χ3n) is 6.44. The number of likely N-dealkylation sites (tertiary alicyclic amines) is 1. The number of amides is 1. The van der Waals surface area contributed by atoms with E-state index in [-0.39, 0.29) is 23.3 Å². The Kier molecular flexibility index (Phi) is 4.84. The molecule has 0 N–H and O–H groups in total. The van der Waals surface area contributed by atoms with Crippen LogP contribution in [0.3, 0.4) is 0 Å². The summed E-state index contributed by atoms with van der Waals surface area (Å²) in [6.07, 6.45) is 0.922. The smallest absolute Gasteiger partial charge is 0.253 e. The maximum atomic E-state index is 13.2. The fourth-order valence-electron chi connectivity index (χ4n) is 5.05. The summed E-state index contributed by atoms with van der Waals surface area (Å²) in [4.78, 5) is 27.8. The number of pyridine rings is 1. The van der Waals surface area contributed by atoms with E-state index in [1.165, 1.54) is 0 Å². The van der Waals surface area contributed by atoms with Gasteiger partial charge in [0.2, 0.25) is 0 Å². The Hall–Kier alpha value is -4.16. The fraction of sp³-hybridized carbons (Fsp3) is 0.231. The normalized spacial score (nSPS) is 18.9. The first-order chi connectivity index (χ1) is 15.6. The molecule has 2 aliphatic heterocycles. The molecule has 0 unspecified atom stereocenters. The van der Waals surface area contributed by atoms with Gasteiger partial charge >= 0.3 is 0 Å². The maximum absolute atomic E-state index is 13.2. The highest BCUT2D eigenvalue weighted by atomic mass is 16.2. The van der Waals surface area contributed by atoms with E-state index < -0.39 is 0 Å². The highest BCUT2D eigenvalue weighted by molar-refractivity contribution is 5.94. The second-order valence-corrected chi connectivity index (χ2v) is 8.47. The summed E-state index contributed by atoms with van der Waals surface area (Å²) < 4.78 is 1.86. The number of hydrogen-bond acceptors (Lipinski definition) is 4. The van der Waals surface area contributed by atoms with Gasteiger partial charge in [0, 0.05) is 48.4 Å². The van der Waals surface area contributed by atoms with E-state index in [0.717, 1.165) is 23.2 Å². The zero-order chi connectivity index (χ0) is 22.2. The number of aromatic nitrogens is 1. The monoisotopic (exact) mass is 420 g/mol. The molecule has 0 spiro atoms. The molecule has 5 rings (SSSR count). The summed E-state index contributed by atoms with van der Waals surface area (Å²) >= 11 is 0. The number of carbonyl (C=O) groups is 1. The highest BCUT2D eigenvalue weighted by Gasteiger charge is 2.38. The summed E-state index contributed by atoms with van der Waals surface area (Å²) in [5, 5.41) is 18.3. The van der Waals surface area contributed by atoms with E-state index >= 15 is 0 Å². The quantitative estimate of drug-likeness (QED) is 0.634. The van der Waals surface area contributed by atoms with Crippen LogP contribution in [0.4, 0.5) is 0 Å². The Bertz CT molecular complexity index is 1360. The number of carbonyl (C=O) groups excluding carboxylic acids is 1.